The van der Waals surface area contributed by atoms with Crippen molar-refractivity contribution in [1.82, 2.24) is 0 Å². The Hall–Kier alpha value is -0.590. The molecule has 0 aromatic heterocycles. The van der Waals surface area contributed by atoms with Crippen LogP contribution in [0.5, 0.6) is 0 Å². The maximum Gasteiger partial charge on any atom is 0.0971 e. The Labute approximate surface area is 43.4 Å². The van der Waals surface area contributed by atoms with Gasteiger partial charge in [0, 0.05) is 0 Å². The second-order valence-corrected chi connectivity index (χ2v) is 1.58. The molecule has 0 aliphatic heterocycles. The van der Waals surface area contributed by atoms with Gasteiger partial charge < -0.3 is 0 Å². The summed E-state index contributed by atoms with van der Waals surface area (Å²) in [7, 11) is 0. The summed E-state index contributed by atoms with van der Waals surface area (Å²) in [4.78, 5) is 0. The van der Waals surface area contributed by atoms with Gasteiger partial charge in [-0.15, -0.1) is 0 Å². The van der Waals surface area contributed by atoms with Crippen LogP contribution in [-0.2, 0) is 0 Å². The van der Waals surface area contributed by atoms with E-state index in [2.05, 4.69) is 6.58 Å². The van der Waals surface area contributed by atoms with Crippen LogP contribution in [0.25, 0.3) is 0 Å². The van der Waals surface area contributed by atoms with Crippen molar-refractivity contribution in [3.05, 3.63) is 24.1 Å². The van der Waals surface area contributed by atoms with E-state index in [0.717, 1.165) is 5.57 Å². The van der Waals surface area contributed by atoms with Crippen LogP contribution in [0.4, 0.5) is 4.39 Å². The normalized spacial score (nSPS) is 11.6. The van der Waals surface area contributed by atoms with Crippen LogP contribution in [-0.4, -0.2) is 0 Å². The Kier molecular flexibility index (Phi) is 2.34. The van der Waals surface area contributed by atoms with E-state index in [4.69, 9.17) is 0 Å². The van der Waals surface area contributed by atoms with Crippen LogP contribution in [0.15, 0.2) is 24.1 Å². The molecule has 7 heavy (non-hydrogen) atoms. The summed E-state index contributed by atoms with van der Waals surface area (Å²) in [6.45, 7) is 6.63. The topological polar surface area (TPSA) is 0 Å². The standard InChI is InChI=1S/C6H9F/c1-5(2)4-6(3)7/h4H,1H2,2-3H3/b6-4-. The molecule has 0 aromatic rings. The lowest BCUT2D eigenvalue weighted by Crippen LogP contribution is -1.62. The number of halogens is 1. The molecule has 0 nitrogen and oxygen atoms in total. The molecular weight excluding hydrogens is 91.1 g/mol. The zero-order chi connectivity index (χ0) is 5.86. The zero-order valence-electron chi connectivity index (χ0n) is 4.66. The Morgan fingerprint density at radius 3 is 2.00 bits per heavy atom. The molecule has 0 amide bonds. The summed E-state index contributed by atoms with van der Waals surface area (Å²) >= 11 is 0. The molecular formula is C6H9F. The predicted octanol–water partition coefficient (Wildman–Crippen LogP) is 2.44. The number of hydrogen-bond acceptors (Lipinski definition) is 0. The predicted molar refractivity (Wildman–Crippen MR) is 29.7 cm³/mol. The van der Waals surface area contributed by atoms with Gasteiger partial charge in [-0.1, -0.05) is 12.2 Å². The molecule has 0 heterocycles. The van der Waals surface area contributed by atoms with Crippen molar-refractivity contribution in [3.63, 3.8) is 0 Å². The lowest BCUT2D eigenvalue weighted by molar-refractivity contribution is 0.639. The van der Waals surface area contributed by atoms with Crippen molar-refractivity contribution in [2.45, 2.75) is 13.8 Å². The fourth-order valence-corrected chi connectivity index (χ4v) is 0.340. The smallest absolute Gasteiger partial charge is 0.0971 e. The highest BCUT2D eigenvalue weighted by Gasteiger charge is 1.78. The van der Waals surface area contributed by atoms with Gasteiger partial charge in [0.15, 0.2) is 0 Å². The summed E-state index contributed by atoms with van der Waals surface area (Å²) in [6, 6.07) is 0. The fraction of sp³-hybridized carbons (Fsp3) is 0.333. The first-order valence-corrected chi connectivity index (χ1v) is 2.12. The molecule has 0 rings (SSSR count). The van der Waals surface area contributed by atoms with E-state index in [9.17, 15) is 4.39 Å². The Morgan fingerprint density at radius 2 is 2.00 bits per heavy atom. The Balaban J connectivity index is 3.68. The minimum absolute atomic E-state index is 0.187. The Bertz CT molecular complexity index is 96.7. The molecule has 0 spiro atoms. The van der Waals surface area contributed by atoms with Crippen LogP contribution in [0.3, 0.4) is 0 Å². The van der Waals surface area contributed by atoms with Crippen molar-refractivity contribution < 1.29 is 4.39 Å². The summed E-state index contributed by atoms with van der Waals surface area (Å²) < 4.78 is 11.8. The number of hydrogen-bond donors (Lipinski definition) is 0. The van der Waals surface area contributed by atoms with E-state index >= 15 is 0 Å². The molecule has 0 saturated heterocycles. The van der Waals surface area contributed by atoms with E-state index in [0.29, 0.717) is 0 Å². The monoisotopic (exact) mass is 100 g/mol. The summed E-state index contributed by atoms with van der Waals surface area (Å²) in [5.74, 6) is -0.187. The van der Waals surface area contributed by atoms with Gasteiger partial charge in [-0.2, -0.15) is 0 Å². The van der Waals surface area contributed by atoms with Crippen LogP contribution >= 0.6 is 0 Å². The molecule has 0 fully saturated rings. The molecule has 40 valence electrons. The third kappa shape index (κ3) is 5.41. The second-order valence-electron chi connectivity index (χ2n) is 1.58. The van der Waals surface area contributed by atoms with Gasteiger partial charge in [0.2, 0.25) is 0 Å². The van der Waals surface area contributed by atoms with Gasteiger partial charge in [-0.3, -0.25) is 0 Å². The van der Waals surface area contributed by atoms with Crippen molar-refractivity contribution in [2.24, 2.45) is 0 Å². The Morgan fingerprint density at radius 1 is 1.57 bits per heavy atom. The van der Waals surface area contributed by atoms with Gasteiger partial charge in [0.1, 0.15) is 0 Å². The highest BCUT2D eigenvalue weighted by Crippen LogP contribution is 1.97. The van der Waals surface area contributed by atoms with Crippen molar-refractivity contribution in [3.8, 4) is 0 Å². The quantitative estimate of drug-likeness (QED) is 0.444. The molecule has 0 bridgehead atoms. The van der Waals surface area contributed by atoms with Gasteiger partial charge >= 0.3 is 0 Å². The number of allylic oxidation sites excluding steroid dienone is 3. The SMILES string of the molecule is C=C(C)/C=C(/C)F. The maximum absolute atomic E-state index is 11.8. The fourth-order valence-electron chi connectivity index (χ4n) is 0.340. The summed E-state index contributed by atoms with van der Waals surface area (Å²) in [6.07, 6.45) is 1.39. The molecule has 1 heteroatoms. The first-order valence-electron chi connectivity index (χ1n) is 2.12. The van der Waals surface area contributed by atoms with Crippen LogP contribution in [0.1, 0.15) is 13.8 Å². The molecule has 0 N–H and O–H groups in total. The number of rotatable bonds is 1. The van der Waals surface area contributed by atoms with E-state index in [1.165, 1.54) is 13.0 Å². The molecule has 0 unspecified atom stereocenters. The first kappa shape index (κ1) is 6.41. The van der Waals surface area contributed by atoms with E-state index < -0.39 is 0 Å². The molecule has 0 aliphatic carbocycles. The summed E-state index contributed by atoms with van der Waals surface area (Å²) in [5, 5.41) is 0. The average Bonchev–Trinajstić information content (AvgIpc) is 1.27. The van der Waals surface area contributed by atoms with Gasteiger partial charge in [-0.05, 0) is 19.9 Å². The average molecular weight is 100 g/mol. The van der Waals surface area contributed by atoms with Crippen LogP contribution in [0, 0.1) is 0 Å². The van der Waals surface area contributed by atoms with Gasteiger partial charge in [0.05, 0.1) is 5.83 Å². The van der Waals surface area contributed by atoms with Crippen molar-refractivity contribution >= 4 is 0 Å². The van der Waals surface area contributed by atoms with E-state index in [1.54, 1.807) is 6.92 Å². The highest BCUT2D eigenvalue weighted by atomic mass is 19.1. The van der Waals surface area contributed by atoms with Gasteiger partial charge in [0.25, 0.3) is 0 Å². The molecule has 0 radical (unpaired) electrons. The third-order valence-corrected chi connectivity index (χ3v) is 0.445. The van der Waals surface area contributed by atoms with Crippen LogP contribution < -0.4 is 0 Å². The zero-order valence-corrected chi connectivity index (χ0v) is 4.66. The minimum atomic E-state index is -0.187. The first-order chi connectivity index (χ1) is 3.13. The molecule has 0 aromatic carbocycles. The maximum atomic E-state index is 11.8. The van der Waals surface area contributed by atoms with E-state index in [-0.39, 0.29) is 5.83 Å². The lowest BCUT2D eigenvalue weighted by Gasteiger charge is -1.81. The molecule has 0 saturated carbocycles. The summed E-state index contributed by atoms with van der Waals surface area (Å²) in [5.41, 5.74) is 0.750. The van der Waals surface area contributed by atoms with Crippen molar-refractivity contribution in [2.75, 3.05) is 0 Å². The highest BCUT2D eigenvalue weighted by molar-refractivity contribution is 5.12. The van der Waals surface area contributed by atoms with E-state index in [1.807, 2.05) is 0 Å². The lowest BCUT2D eigenvalue weighted by atomic mass is 10.3. The molecule has 0 atom stereocenters. The minimum Gasteiger partial charge on any atom is -0.212 e. The third-order valence-electron chi connectivity index (χ3n) is 0.445. The van der Waals surface area contributed by atoms with Crippen molar-refractivity contribution in [1.29, 1.82) is 0 Å². The van der Waals surface area contributed by atoms with Gasteiger partial charge in [-0.25, -0.2) is 4.39 Å². The second kappa shape index (κ2) is 2.56. The molecule has 0 aliphatic rings. The van der Waals surface area contributed by atoms with Crippen LogP contribution in [0.2, 0.25) is 0 Å². The largest absolute Gasteiger partial charge is 0.212 e.